The van der Waals surface area contributed by atoms with Gasteiger partial charge in [0.15, 0.2) is 0 Å². The van der Waals surface area contributed by atoms with Crippen LogP contribution >= 0.6 is 23.1 Å². The number of carbonyl (C=O) groups is 1. The molecule has 0 atom stereocenters. The third-order valence-corrected chi connectivity index (χ3v) is 3.41. The van der Waals surface area contributed by atoms with Crippen LogP contribution in [0.2, 0.25) is 0 Å². The summed E-state index contributed by atoms with van der Waals surface area (Å²) in [6.45, 7) is 0.614. The van der Waals surface area contributed by atoms with E-state index < -0.39 is 0 Å². The maximum Gasteiger partial charge on any atom is 0.263 e. The Kier molecular flexibility index (Phi) is 5.08. The molecule has 0 fully saturated rings. The molecular formula is C10H12N2OS2. The molecule has 0 aromatic carbocycles. The van der Waals surface area contributed by atoms with Crippen LogP contribution in [0.4, 0.5) is 5.69 Å². The molecule has 1 rings (SSSR count). The molecular weight excluding hydrogens is 228 g/mol. The number of thioether (sulfide) groups is 1. The first-order valence-corrected chi connectivity index (χ1v) is 6.41. The predicted octanol–water partition coefficient (Wildman–Crippen LogP) is 1.43. The zero-order valence-corrected chi connectivity index (χ0v) is 9.79. The van der Waals surface area contributed by atoms with Gasteiger partial charge in [-0.15, -0.1) is 29.5 Å². The fourth-order valence-corrected chi connectivity index (χ4v) is 2.19. The van der Waals surface area contributed by atoms with Gasteiger partial charge in [0.2, 0.25) is 0 Å². The fraction of sp³-hybridized carbons (Fsp3) is 0.300. The zero-order valence-electron chi connectivity index (χ0n) is 8.16. The summed E-state index contributed by atoms with van der Waals surface area (Å²) >= 11 is 2.97. The Morgan fingerprint density at radius 1 is 1.73 bits per heavy atom. The highest BCUT2D eigenvalue weighted by Gasteiger charge is 2.09. The largest absolute Gasteiger partial charge is 0.397 e. The highest BCUT2D eigenvalue weighted by atomic mass is 32.2. The van der Waals surface area contributed by atoms with Crippen molar-refractivity contribution in [2.24, 2.45) is 0 Å². The average molecular weight is 240 g/mol. The van der Waals surface area contributed by atoms with Gasteiger partial charge in [-0.1, -0.05) is 5.92 Å². The monoisotopic (exact) mass is 240 g/mol. The molecule has 0 unspecified atom stereocenters. The van der Waals surface area contributed by atoms with Crippen molar-refractivity contribution in [1.82, 2.24) is 5.32 Å². The lowest BCUT2D eigenvalue weighted by Crippen LogP contribution is -2.25. The number of carbonyl (C=O) groups excluding carboxylic acids is 1. The minimum Gasteiger partial charge on any atom is -0.397 e. The molecule has 0 aliphatic carbocycles. The second-order valence-corrected chi connectivity index (χ2v) is 4.74. The Balaban J connectivity index is 2.26. The predicted molar refractivity (Wildman–Crippen MR) is 67.2 cm³/mol. The van der Waals surface area contributed by atoms with Crippen molar-refractivity contribution in [2.45, 2.75) is 0 Å². The maximum absolute atomic E-state index is 11.5. The summed E-state index contributed by atoms with van der Waals surface area (Å²) in [6, 6.07) is 1.73. The number of nitrogens with one attached hydrogen (secondary N) is 1. The lowest BCUT2D eigenvalue weighted by molar-refractivity contribution is 0.0961. The minimum atomic E-state index is -0.108. The van der Waals surface area contributed by atoms with Crippen LogP contribution < -0.4 is 11.1 Å². The number of anilines is 1. The van der Waals surface area contributed by atoms with Gasteiger partial charge in [-0.3, -0.25) is 4.79 Å². The molecule has 0 radical (unpaired) electrons. The van der Waals surface area contributed by atoms with Crippen molar-refractivity contribution < 1.29 is 4.79 Å². The van der Waals surface area contributed by atoms with Crippen LogP contribution in [0, 0.1) is 12.3 Å². The van der Waals surface area contributed by atoms with E-state index in [9.17, 15) is 4.79 Å². The molecule has 0 aliphatic rings. The molecule has 0 aliphatic heterocycles. The Labute approximate surface area is 97.4 Å². The number of nitrogens with two attached hydrogens (primary N) is 1. The van der Waals surface area contributed by atoms with Crippen LogP contribution in [0.15, 0.2) is 11.4 Å². The van der Waals surface area contributed by atoms with Gasteiger partial charge >= 0.3 is 0 Å². The van der Waals surface area contributed by atoms with Crippen molar-refractivity contribution in [2.75, 3.05) is 23.8 Å². The second-order valence-electron chi connectivity index (χ2n) is 2.72. The Bertz CT molecular complexity index is 368. The molecule has 3 N–H and O–H groups in total. The first-order valence-electron chi connectivity index (χ1n) is 4.38. The molecule has 80 valence electrons. The van der Waals surface area contributed by atoms with E-state index in [1.54, 1.807) is 23.2 Å². The SMILES string of the molecule is C#CCSCCNC(=O)c1sccc1N. The van der Waals surface area contributed by atoms with Crippen LogP contribution in [-0.2, 0) is 0 Å². The Morgan fingerprint density at radius 3 is 3.13 bits per heavy atom. The number of hydrogen-bond donors (Lipinski definition) is 2. The number of hydrogen-bond acceptors (Lipinski definition) is 4. The minimum absolute atomic E-state index is 0.108. The molecule has 15 heavy (non-hydrogen) atoms. The van der Waals surface area contributed by atoms with Crippen molar-refractivity contribution in [1.29, 1.82) is 0 Å². The summed E-state index contributed by atoms with van der Waals surface area (Å²) in [5, 5.41) is 4.59. The zero-order chi connectivity index (χ0) is 11.1. The van der Waals surface area contributed by atoms with E-state index in [1.807, 2.05) is 0 Å². The van der Waals surface area contributed by atoms with Gasteiger partial charge in [0.25, 0.3) is 5.91 Å². The molecule has 0 saturated heterocycles. The van der Waals surface area contributed by atoms with Gasteiger partial charge in [0.1, 0.15) is 4.88 Å². The quantitative estimate of drug-likeness (QED) is 0.604. The van der Waals surface area contributed by atoms with Crippen LogP contribution in [0.25, 0.3) is 0 Å². The van der Waals surface area contributed by atoms with Gasteiger partial charge in [0, 0.05) is 12.3 Å². The first kappa shape index (κ1) is 12.0. The summed E-state index contributed by atoms with van der Waals surface area (Å²) in [6.07, 6.45) is 5.09. The molecule has 1 heterocycles. The van der Waals surface area contributed by atoms with Crippen LogP contribution in [0.5, 0.6) is 0 Å². The molecule has 0 saturated carbocycles. The molecule has 0 spiro atoms. The van der Waals surface area contributed by atoms with E-state index in [0.29, 0.717) is 22.9 Å². The number of thiophene rings is 1. The molecule has 0 bridgehead atoms. The normalized spacial score (nSPS) is 9.53. The molecule has 1 aromatic rings. The van der Waals surface area contributed by atoms with Crippen LogP contribution in [-0.4, -0.2) is 24.0 Å². The lowest BCUT2D eigenvalue weighted by Gasteiger charge is -2.02. The Hall–Kier alpha value is -1.12. The highest BCUT2D eigenvalue weighted by molar-refractivity contribution is 7.99. The molecule has 3 nitrogen and oxygen atoms in total. The summed E-state index contributed by atoms with van der Waals surface area (Å²) in [7, 11) is 0. The van der Waals surface area contributed by atoms with Crippen LogP contribution in [0.1, 0.15) is 9.67 Å². The number of terminal acetylenes is 1. The number of amides is 1. The summed E-state index contributed by atoms with van der Waals surface area (Å²) in [4.78, 5) is 12.1. The van der Waals surface area contributed by atoms with E-state index >= 15 is 0 Å². The standard InChI is InChI=1S/C10H12N2OS2/c1-2-5-14-7-4-12-10(13)9-8(11)3-6-15-9/h1,3,6H,4-5,7,11H2,(H,12,13). The first-order chi connectivity index (χ1) is 7.25. The van der Waals surface area contributed by atoms with Crippen molar-refractivity contribution in [3.63, 3.8) is 0 Å². The molecule has 1 aromatic heterocycles. The molecule has 5 heteroatoms. The lowest BCUT2D eigenvalue weighted by atomic mass is 10.4. The smallest absolute Gasteiger partial charge is 0.263 e. The second kappa shape index (κ2) is 6.38. The van der Waals surface area contributed by atoms with Gasteiger partial charge in [-0.05, 0) is 11.4 Å². The van der Waals surface area contributed by atoms with E-state index in [1.165, 1.54) is 11.3 Å². The van der Waals surface area contributed by atoms with Crippen molar-refractivity contribution in [3.05, 3.63) is 16.3 Å². The topological polar surface area (TPSA) is 55.1 Å². The average Bonchev–Trinajstić information content (AvgIpc) is 2.64. The Morgan fingerprint density at radius 2 is 2.53 bits per heavy atom. The third kappa shape index (κ3) is 3.86. The summed E-state index contributed by atoms with van der Waals surface area (Å²) < 4.78 is 0. The molecule has 1 amide bonds. The fourth-order valence-electron chi connectivity index (χ4n) is 0.952. The van der Waals surface area contributed by atoms with Gasteiger partial charge in [-0.2, -0.15) is 0 Å². The summed E-state index contributed by atoms with van der Waals surface area (Å²) in [5.41, 5.74) is 6.15. The van der Waals surface area contributed by atoms with Gasteiger partial charge in [0.05, 0.1) is 11.4 Å². The maximum atomic E-state index is 11.5. The highest BCUT2D eigenvalue weighted by Crippen LogP contribution is 2.18. The third-order valence-electron chi connectivity index (χ3n) is 1.62. The van der Waals surface area contributed by atoms with E-state index in [0.717, 1.165) is 5.75 Å². The summed E-state index contributed by atoms with van der Waals surface area (Å²) in [5.74, 6) is 3.92. The van der Waals surface area contributed by atoms with Gasteiger partial charge < -0.3 is 11.1 Å². The van der Waals surface area contributed by atoms with Crippen LogP contribution in [0.3, 0.4) is 0 Å². The van der Waals surface area contributed by atoms with E-state index in [4.69, 9.17) is 12.2 Å². The van der Waals surface area contributed by atoms with Crippen molar-refractivity contribution >= 4 is 34.7 Å². The van der Waals surface area contributed by atoms with Gasteiger partial charge in [-0.25, -0.2) is 0 Å². The van der Waals surface area contributed by atoms with E-state index in [-0.39, 0.29) is 5.91 Å². The number of nitrogen functional groups attached to an aromatic ring is 1. The number of rotatable bonds is 5. The van der Waals surface area contributed by atoms with E-state index in [2.05, 4.69) is 11.2 Å². The van der Waals surface area contributed by atoms with Crippen molar-refractivity contribution in [3.8, 4) is 12.3 Å².